The van der Waals surface area contributed by atoms with Gasteiger partial charge in [-0.25, -0.2) is 4.39 Å². The van der Waals surface area contributed by atoms with Gasteiger partial charge in [-0.1, -0.05) is 6.92 Å². The van der Waals surface area contributed by atoms with Crippen molar-refractivity contribution in [2.75, 3.05) is 6.54 Å². The fraction of sp³-hybridized carbons (Fsp3) is 1.00. The number of nitrogens with two attached hydrogens (primary N) is 1. The van der Waals surface area contributed by atoms with E-state index in [-0.39, 0.29) is 6.04 Å². The van der Waals surface area contributed by atoms with Crippen LogP contribution in [0.3, 0.4) is 0 Å². The van der Waals surface area contributed by atoms with E-state index >= 15 is 0 Å². The summed E-state index contributed by atoms with van der Waals surface area (Å²) in [6.45, 7) is 6.89. The molecule has 14 heavy (non-hydrogen) atoms. The molecule has 0 aromatic carbocycles. The number of alkyl halides is 1. The Morgan fingerprint density at radius 2 is 2.21 bits per heavy atom. The summed E-state index contributed by atoms with van der Waals surface area (Å²) < 4.78 is 13.8. The van der Waals surface area contributed by atoms with E-state index < -0.39 is 11.7 Å². The van der Waals surface area contributed by atoms with Crippen molar-refractivity contribution in [1.82, 2.24) is 5.32 Å². The van der Waals surface area contributed by atoms with E-state index in [1.165, 1.54) is 0 Å². The van der Waals surface area contributed by atoms with Crippen molar-refractivity contribution in [3.05, 3.63) is 0 Å². The lowest BCUT2D eigenvalue weighted by Crippen LogP contribution is -2.47. The predicted octanol–water partition coefficient (Wildman–Crippen LogP) is 1.84. The summed E-state index contributed by atoms with van der Waals surface area (Å²) in [4.78, 5) is 0. The predicted molar refractivity (Wildman–Crippen MR) is 58.0 cm³/mol. The molecule has 1 aliphatic rings. The summed E-state index contributed by atoms with van der Waals surface area (Å²) >= 11 is 0. The fourth-order valence-corrected chi connectivity index (χ4v) is 2.07. The van der Waals surface area contributed by atoms with Crippen molar-refractivity contribution in [1.29, 1.82) is 0 Å². The zero-order valence-electron chi connectivity index (χ0n) is 9.52. The van der Waals surface area contributed by atoms with Gasteiger partial charge in [0.2, 0.25) is 0 Å². The Kier molecular flexibility index (Phi) is 3.90. The molecule has 1 heterocycles. The average molecular weight is 202 g/mol. The Bertz CT molecular complexity index is 177. The van der Waals surface area contributed by atoms with Crippen molar-refractivity contribution in [3.63, 3.8) is 0 Å². The smallest absolute Gasteiger partial charge is 0.117 e. The van der Waals surface area contributed by atoms with Gasteiger partial charge in [-0.2, -0.15) is 0 Å². The second-order valence-corrected chi connectivity index (χ2v) is 5.40. The van der Waals surface area contributed by atoms with Crippen molar-refractivity contribution in [2.24, 2.45) is 11.7 Å². The molecule has 0 aromatic heterocycles. The third kappa shape index (κ3) is 3.93. The van der Waals surface area contributed by atoms with Crippen LogP contribution in [0.4, 0.5) is 4.39 Å². The van der Waals surface area contributed by atoms with Crippen LogP contribution in [0.15, 0.2) is 0 Å². The summed E-state index contributed by atoms with van der Waals surface area (Å²) in [5, 5.41) is 3.24. The van der Waals surface area contributed by atoms with Crippen molar-refractivity contribution >= 4 is 0 Å². The molecule has 0 amide bonds. The first-order chi connectivity index (χ1) is 6.38. The van der Waals surface area contributed by atoms with Crippen molar-refractivity contribution in [2.45, 2.75) is 57.8 Å². The molecule has 0 spiro atoms. The van der Waals surface area contributed by atoms with Gasteiger partial charge in [0.15, 0.2) is 0 Å². The number of hydrogen-bond acceptors (Lipinski definition) is 2. The topological polar surface area (TPSA) is 38.0 Å². The van der Waals surface area contributed by atoms with Crippen LogP contribution in [0, 0.1) is 5.92 Å². The maximum absolute atomic E-state index is 13.8. The minimum Gasteiger partial charge on any atom is -0.325 e. The molecular weight excluding hydrogens is 179 g/mol. The maximum atomic E-state index is 13.8. The summed E-state index contributed by atoms with van der Waals surface area (Å²) in [7, 11) is 0. The van der Waals surface area contributed by atoms with Gasteiger partial charge in [0.1, 0.15) is 6.17 Å². The van der Waals surface area contributed by atoms with Crippen LogP contribution in [0.25, 0.3) is 0 Å². The third-order valence-corrected chi connectivity index (χ3v) is 2.86. The highest BCUT2D eigenvalue weighted by Crippen LogP contribution is 2.22. The molecule has 0 aromatic rings. The molecule has 0 radical (unpaired) electrons. The van der Waals surface area contributed by atoms with Gasteiger partial charge >= 0.3 is 0 Å². The first-order valence-electron chi connectivity index (χ1n) is 5.55. The molecule has 3 atom stereocenters. The molecular formula is C11H23FN2. The lowest BCUT2D eigenvalue weighted by molar-refractivity contribution is 0.161. The lowest BCUT2D eigenvalue weighted by Gasteiger charge is -2.33. The van der Waals surface area contributed by atoms with E-state index in [0.717, 1.165) is 19.4 Å². The summed E-state index contributed by atoms with van der Waals surface area (Å²) in [6.07, 6.45) is 1.74. The van der Waals surface area contributed by atoms with Gasteiger partial charge in [0.25, 0.3) is 0 Å². The molecule has 2 nitrogen and oxygen atoms in total. The third-order valence-electron chi connectivity index (χ3n) is 2.86. The van der Waals surface area contributed by atoms with Crippen LogP contribution in [0.1, 0.15) is 40.0 Å². The van der Waals surface area contributed by atoms with Crippen molar-refractivity contribution in [3.8, 4) is 0 Å². The van der Waals surface area contributed by atoms with Crippen LogP contribution < -0.4 is 11.1 Å². The van der Waals surface area contributed by atoms with E-state index in [4.69, 9.17) is 5.73 Å². The minimum atomic E-state index is -0.808. The molecule has 3 N–H and O–H groups in total. The highest BCUT2D eigenvalue weighted by molar-refractivity contribution is 4.87. The van der Waals surface area contributed by atoms with Gasteiger partial charge in [0, 0.05) is 11.6 Å². The van der Waals surface area contributed by atoms with Crippen LogP contribution in [-0.2, 0) is 0 Å². The standard InChI is InChI=1S/C11H23FN2/c1-8-4-5-14-10(6-8)9(12)7-11(2,3)13/h8-10,14H,4-7,13H2,1-3H3. The maximum Gasteiger partial charge on any atom is 0.117 e. The fourth-order valence-electron chi connectivity index (χ4n) is 2.07. The van der Waals surface area contributed by atoms with E-state index in [1.807, 2.05) is 13.8 Å². The largest absolute Gasteiger partial charge is 0.325 e. The molecule has 0 saturated carbocycles. The summed E-state index contributed by atoms with van der Waals surface area (Å²) in [5.41, 5.74) is 5.41. The SMILES string of the molecule is CC1CCNC(C(F)CC(C)(C)N)C1. The minimum absolute atomic E-state index is 0.0153. The van der Waals surface area contributed by atoms with Crippen LogP contribution in [0.5, 0.6) is 0 Å². The Morgan fingerprint density at radius 3 is 2.71 bits per heavy atom. The molecule has 3 unspecified atom stereocenters. The van der Waals surface area contributed by atoms with Gasteiger partial charge < -0.3 is 11.1 Å². The number of rotatable bonds is 3. The number of piperidine rings is 1. The average Bonchev–Trinajstić information content (AvgIpc) is 2.01. The molecule has 1 aliphatic heterocycles. The molecule has 1 saturated heterocycles. The number of halogens is 1. The second-order valence-electron chi connectivity index (χ2n) is 5.40. The second kappa shape index (κ2) is 4.58. The lowest BCUT2D eigenvalue weighted by atomic mass is 9.87. The Balaban J connectivity index is 2.39. The van der Waals surface area contributed by atoms with Gasteiger partial charge in [-0.15, -0.1) is 0 Å². The Hall–Kier alpha value is -0.150. The molecule has 3 heteroatoms. The Morgan fingerprint density at radius 1 is 1.57 bits per heavy atom. The summed E-state index contributed by atoms with van der Waals surface area (Å²) in [6, 6.07) is 0.0153. The normalized spacial score (nSPS) is 31.5. The van der Waals surface area contributed by atoms with E-state index in [9.17, 15) is 4.39 Å². The van der Waals surface area contributed by atoms with Crippen LogP contribution in [-0.4, -0.2) is 24.3 Å². The monoisotopic (exact) mass is 202 g/mol. The summed E-state index contributed by atoms with van der Waals surface area (Å²) in [5.74, 6) is 0.639. The zero-order valence-corrected chi connectivity index (χ0v) is 9.52. The first kappa shape index (κ1) is 11.9. The Labute approximate surface area is 86.4 Å². The molecule has 1 fully saturated rings. The molecule has 0 bridgehead atoms. The molecule has 0 aliphatic carbocycles. The van der Waals surface area contributed by atoms with E-state index in [1.54, 1.807) is 0 Å². The van der Waals surface area contributed by atoms with Crippen LogP contribution in [0.2, 0.25) is 0 Å². The number of nitrogens with one attached hydrogen (secondary N) is 1. The van der Waals surface area contributed by atoms with Crippen molar-refractivity contribution < 1.29 is 4.39 Å². The highest BCUT2D eigenvalue weighted by atomic mass is 19.1. The highest BCUT2D eigenvalue weighted by Gasteiger charge is 2.29. The van der Waals surface area contributed by atoms with E-state index in [0.29, 0.717) is 12.3 Å². The van der Waals surface area contributed by atoms with Gasteiger partial charge in [0.05, 0.1) is 0 Å². The first-order valence-corrected chi connectivity index (χ1v) is 5.55. The van der Waals surface area contributed by atoms with Crippen LogP contribution >= 0.6 is 0 Å². The van der Waals surface area contributed by atoms with Gasteiger partial charge in [-0.3, -0.25) is 0 Å². The molecule has 1 rings (SSSR count). The number of hydrogen-bond donors (Lipinski definition) is 2. The molecule has 84 valence electrons. The van der Waals surface area contributed by atoms with Gasteiger partial charge in [-0.05, 0) is 45.6 Å². The van der Waals surface area contributed by atoms with E-state index in [2.05, 4.69) is 12.2 Å². The zero-order chi connectivity index (χ0) is 10.8. The quantitative estimate of drug-likeness (QED) is 0.733.